The first kappa shape index (κ1) is 9.60. The first-order valence-electron chi connectivity index (χ1n) is 3.21. The van der Waals surface area contributed by atoms with Gasteiger partial charge in [-0.25, -0.2) is 15.4 Å². The summed E-state index contributed by atoms with van der Waals surface area (Å²) in [5.74, 6) is 10.3. The van der Waals surface area contributed by atoms with Crippen LogP contribution in [-0.2, 0) is 9.59 Å². The smallest absolute Gasteiger partial charge is 0.170 e. The number of allylic oxidation sites excluding steroid dienone is 1. The number of hydrazine groups is 2. The molecule has 0 saturated heterocycles. The van der Waals surface area contributed by atoms with Crippen molar-refractivity contribution in [2.24, 2.45) is 11.7 Å². The lowest BCUT2D eigenvalue weighted by Gasteiger charge is -2.07. The Kier molecular flexibility index (Phi) is 2.57. The minimum Gasteiger partial charge on any atom is -0.322 e. The number of rotatable bonds is 2. The van der Waals surface area contributed by atoms with Gasteiger partial charge in [0.15, 0.2) is 10.5 Å². The van der Waals surface area contributed by atoms with Gasteiger partial charge in [-0.2, -0.15) is 0 Å². The van der Waals surface area contributed by atoms with Crippen LogP contribution in [0.4, 0.5) is 0 Å². The molecule has 1 aliphatic rings. The van der Waals surface area contributed by atoms with Gasteiger partial charge < -0.3 is 10.9 Å². The van der Waals surface area contributed by atoms with Gasteiger partial charge in [0.05, 0.1) is 5.70 Å². The van der Waals surface area contributed by atoms with Crippen molar-refractivity contribution in [2.45, 2.75) is 0 Å². The predicted molar refractivity (Wildman–Crippen MR) is 49.8 cm³/mol. The highest BCUT2D eigenvalue weighted by Crippen LogP contribution is 2.37. The highest BCUT2D eigenvalue weighted by Gasteiger charge is 2.19. The molecule has 7 heteroatoms. The van der Waals surface area contributed by atoms with E-state index in [0.29, 0.717) is 5.70 Å². The predicted octanol–water partition coefficient (Wildman–Crippen LogP) is -1.45. The summed E-state index contributed by atoms with van der Waals surface area (Å²) < 4.78 is 0. The summed E-state index contributed by atoms with van der Waals surface area (Å²) in [5.41, 5.74) is 4.94. The lowest BCUT2D eigenvalue weighted by atomic mass is 10.5. The lowest BCUT2D eigenvalue weighted by Crippen LogP contribution is -2.27. The largest absolute Gasteiger partial charge is 0.322 e. The van der Waals surface area contributed by atoms with Crippen LogP contribution in [0.3, 0.4) is 0 Å². The highest BCUT2D eigenvalue weighted by molar-refractivity contribution is 8.33. The van der Waals surface area contributed by atoms with Crippen LogP contribution < -0.4 is 22.5 Å². The Morgan fingerprint density at radius 1 is 1.23 bits per heavy atom. The molecule has 6 N–H and O–H groups in total. The fourth-order valence-corrected chi connectivity index (χ4v) is 2.38. The molecule has 0 unspecified atom stereocenters. The summed E-state index contributed by atoms with van der Waals surface area (Å²) >= 11 is 0. The average Bonchev–Trinajstić information content (AvgIpc) is 2.55. The summed E-state index contributed by atoms with van der Waals surface area (Å²) in [5, 5.41) is 4.85. The Labute approximate surface area is 74.7 Å². The average molecular weight is 200 g/mol. The van der Waals surface area contributed by atoms with Crippen LogP contribution in [0.5, 0.6) is 0 Å². The van der Waals surface area contributed by atoms with E-state index in [1.807, 2.05) is 0 Å². The molecule has 0 spiro atoms. The summed E-state index contributed by atoms with van der Waals surface area (Å²) in [4.78, 5) is 21.2. The van der Waals surface area contributed by atoms with Crippen LogP contribution in [0.2, 0.25) is 0 Å². The van der Waals surface area contributed by atoms with Gasteiger partial charge >= 0.3 is 0 Å². The summed E-state index contributed by atoms with van der Waals surface area (Å²) in [6, 6.07) is 0. The molecule has 0 bridgehead atoms. The van der Waals surface area contributed by atoms with Crippen molar-refractivity contribution in [3.8, 4) is 0 Å². The Morgan fingerprint density at radius 3 is 2.23 bits per heavy atom. The van der Waals surface area contributed by atoms with Gasteiger partial charge in [0.2, 0.25) is 0 Å². The first-order chi connectivity index (χ1) is 6.24. The SMILES string of the molecule is NNC1=C(NN)S(=C=O)(=C=O)C=C1. The van der Waals surface area contributed by atoms with E-state index in [4.69, 9.17) is 11.7 Å². The molecule has 1 aliphatic heterocycles. The fourth-order valence-electron chi connectivity index (χ4n) is 0.928. The highest BCUT2D eigenvalue weighted by atomic mass is 32.2. The van der Waals surface area contributed by atoms with Crippen molar-refractivity contribution in [1.29, 1.82) is 0 Å². The molecule has 0 aliphatic carbocycles. The third kappa shape index (κ3) is 1.27. The van der Waals surface area contributed by atoms with E-state index in [-0.39, 0.29) is 5.03 Å². The van der Waals surface area contributed by atoms with E-state index in [9.17, 15) is 9.59 Å². The van der Waals surface area contributed by atoms with Crippen LogP contribution in [0.25, 0.3) is 0 Å². The van der Waals surface area contributed by atoms with Crippen molar-refractivity contribution in [3.63, 3.8) is 0 Å². The zero-order valence-electron chi connectivity index (χ0n) is 6.53. The molecular formula is C6H8N4O2S. The molecule has 0 saturated carbocycles. The number of carbonyl (C=O) groups excluding carboxylic acids is 2. The molecular weight excluding hydrogens is 192 g/mol. The maximum Gasteiger partial charge on any atom is 0.170 e. The van der Waals surface area contributed by atoms with Gasteiger partial charge in [0.25, 0.3) is 0 Å². The number of nitrogens with two attached hydrogens (primary N) is 2. The molecule has 1 heterocycles. The molecule has 70 valence electrons. The lowest BCUT2D eigenvalue weighted by molar-refractivity contribution is 0.570. The third-order valence-corrected chi connectivity index (χ3v) is 3.61. The van der Waals surface area contributed by atoms with Gasteiger partial charge in [-0.1, -0.05) is 0 Å². The van der Waals surface area contributed by atoms with Crippen LogP contribution >= 0.6 is 9.21 Å². The molecule has 0 amide bonds. The Balaban J connectivity index is 3.57. The zero-order valence-corrected chi connectivity index (χ0v) is 7.35. The Bertz CT molecular complexity index is 425. The molecule has 1 rings (SSSR count). The minimum absolute atomic E-state index is 0.222. The quantitative estimate of drug-likeness (QED) is 0.246. The molecule has 0 aromatic heterocycles. The number of hydrogen-bond acceptors (Lipinski definition) is 6. The molecule has 0 aromatic rings. The summed E-state index contributed by atoms with van der Waals surface area (Å²) in [7, 11) is -2.48. The molecule has 6 nitrogen and oxygen atoms in total. The van der Waals surface area contributed by atoms with E-state index >= 15 is 0 Å². The van der Waals surface area contributed by atoms with Crippen LogP contribution in [0, 0.1) is 0 Å². The molecule has 0 fully saturated rings. The topological polar surface area (TPSA) is 110 Å². The van der Waals surface area contributed by atoms with Crippen molar-refractivity contribution in [1.82, 2.24) is 10.9 Å². The van der Waals surface area contributed by atoms with Crippen LogP contribution in [-0.4, -0.2) is 10.5 Å². The molecule has 0 aromatic carbocycles. The van der Waals surface area contributed by atoms with E-state index in [1.54, 1.807) is 10.5 Å². The second-order valence-electron chi connectivity index (χ2n) is 2.16. The first-order valence-corrected chi connectivity index (χ1v) is 4.90. The number of nitrogens with one attached hydrogen (secondary N) is 2. The van der Waals surface area contributed by atoms with E-state index in [1.165, 1.54) is 11.5 Å². The van der Waals surface area contributed by atoms with Gasteiger partial charge in [0.1, 0.15) is 5.03 Å². The molecule has 0 atom stereocenters. The van der Waals surface area contributed by atoms with Crippen LogP contribution in [0.15, 0.2) is 22.2 Å². The monoisotopic (exact) mass is 200 g/mol. The second kappa shape index (κ2) is 3.49. The van der Waals surface area contributed by atoms with Gasteiger partial charge in [-0.05, 0) is 11.5 Å². The Hall–Kier alpha value is -1.49. The summed E-state index contributed by atoms with van der Waals surface area (Å²) in [6.07, 6.45) is 1.49. The maximum absolute atomic E-state index is 10.6. The normalized spacial score (nSPS) is 18.0. The minimum atomic E-state index is -2.48. The van der Waals surface area contributed by atoms with Crippen molar-refractivity contribution in [3.05, 3.63) is 22.2 Å². The molecule has 0 radical (unpaired) electrons. The van der Waals surface area contributed by atoms with E-state index in [0.717, 1.165) is 0 Å². The van der Waals surface area contributed by atoms with Crippen molar-refractivity contribution < 1.29 is 9.59 Å². The maximum atomic E-state index is 10.6. The van der Waals surface area contributed by atoms with Gasteiger partial charge in [0, 0.05) is 9.21 Å². The van der Waals surface area contributed by atoms with E-state index < -0.39 is 9.21 Å². The fraction of sp³-hybridized carbons (Fsp3) is 0. The standard InChI is InChI=1S/C6H8N4O2S/c7-9-5-1-2-13(3-11,4-12)6(5)10-8/h1-2,9-10H,7-8H2. The second-order valence-corrected chi connectivity index (χ2v) is 4.49. The van der Waals surface area contributed by atoms with Crippen molar-refractivity contribution in [2.75, 3.05) is 0 Å². The molecule has 13 heavy (non-hydrogen) atoms. The number of hydrogen-bond donors (Lipinski definition) is 4. The van der Waals surface area contributed by atoms with E-state index in [2.05, 4.69) is 10.9 Å². The summed E-state index contributed by atoms with van der Waals surface area (Å²) in [6.45, 7) is 0. The van der Waals surface area contributed by atoms with Crippen LogP contribution in [0.1, 0.15) is 0 Å². The third-order valence-electron chi connectivity index (χ3n) is 1.55. The van der Waals surface area contributed by atoms with Crippen molar-refractivity contribution >= 4 is 19.7 Å². The zero-order chi connectivity index (χ0) is 9.90. The Morgan fingerprint density at radius 2 is 1.85 bits per heavy atom. The van der Waals surface area contributed by atoms with Gasteiger partial charge in [-0.3, -0.25) is 5.84 Å². The van der Waals surface area contributed by atoms with Gasteiger partial charge in [-0.15, -0.1) is 0 Å².